The summed E-state index contributed by atoms with van der Waals surface area (Å²) in [6.07, 6.45) is 0.505. The van der Waals surface area contributed by atoms with Crippen LogP contribution in [0.1, 0.15) is 31.4 Å². The molecule has 3 heteroatoms. The Kier molecular flexibility index (Phi) is 5.01. The maximum absolute atomic E-state index is 11.4. The summed E-state index contributed by atoms with van der Waals surface area (Å²) in [6.45, 7) is 8.78. The number of hydrogen-bond donors (Lipinski definition) is 2. The summed E-state index contributed by atoms with van der Waals surface area (Å²) in [5.74, 6) is 0.0938. The number of carbonyl (C=O) groups excluding carboxylic acids is 1. The monoisotopic (exact) mass is 234 g/mol. The maximum Gasteiger partial charge on any atom is 0.221 e. The van der Waals surface area contributed by atoms with Gasteiger partial charge >= 0.3 is 0 Å². The van der Waals surface area contributed by atoms with E-state index in [0.717, 1.165) is 5.69 Å². The largest absolute Gasteiger partial charge is 0.385 e. The van der Waals surface area contributed by atoms with Gasteiger partial charge in [-0.3, -0.25) is 4.79 Å². The van der Waals surface area contributed by atoms with Crippen LogP contribution in [-0.4, -0.2) is 18.5 Å². The van der Waals surface area contributed by atoms with Crippen molar-refractivity contribution in [1.29, 1.82) is 0 Å². The molecule has 0 fully saturated rings. The summed E-state index contributed by atoms with van der Waals surface area (Å²) in [7, 11) is 0. The topological polar surface area (TPSA) is 41.1 Å². The highest BCUT2D eigenvalue weighted by molar-refractivity contribution is 5.76. The highest BCUT2D eigenvalue weighted by atomic mass is 16.1. The highest BCUT2D eigenvalue weighted by Crippen LogP contribution is 2.13. The van der Waals surface area contributed by atoms with Crippen molar-refractivity contribution in [2.24, 2.45) is 0 Å². The van der Waals surface area contributed by atoms with Gasteiger partial charge < -0.3 is 10.6 Å². The molecule has 94 valence electrons. The molecule has 0 aliphatic rings. The predicted octanol–water partition coefficient (Wildman–Crippen LogP) is 2.63. The molecule has 1 aromatic rings. The van der Waals surface area contributed by atoms with E-state index in [1.807, 2.05) is 19.9 Å². The van der Waals surface area contributed by atoms with Crippen molar-refractivity contribution >= 4 is 11.6 Å². The van der Waals surface area contributed by atoms with Gasteiger partial charge in [0.25, 0.3) is 0 Å². The second-order valence-electron chi connectivity index (χ2n) is 4.70. The first kappa shape index (κ1) is 13.6. The van der Waals surface area contributed by atoms with Crippen LogP contribution >= 0.6 is 0 Å². The molecule has 0 aromatic heterocycles. The Morgan fingerprint density at radius 2 is 1.94 bits per heavy atom. The van der Waals surface area contributed by atoms with Gasteiger partial charge in [0, 0.05) is 24.7 Å². The van der Waals surface area contributed by atoms with Crippen molar-refractivity contribution < 1.29 is 4.79 Å². The van der Waals surface area contributed by atoms with Crippen LogP contribution < -0.4 is 10.6 Å². The van der Waals surface area contributed by atoms with E-state index in [1.165, 1.54) is 11.1 Å². The van der Waals surface area contributed by atoms with E-state index >= 15 is 0 Å². The fourth-order valence-corrected chi connectivity index (χ4v) is 1.57. The molecule has 0 unspecified atom stereocenters. The van der Waals surface area contributed by atoms with Crippen molar-refractivity contribution in [1.82, 2.24) is 5.32 Å². The molecule has 0 aliphatic carbocycles. The van der Waals surface area contributed by atoms with Crippen LogP contribution in [0.5, 0.6) is 0 Å². The van der Waals surface area contributed by atoms with E-state index in [2.05, 4.69) is 36.6 Å². The minimum absolute atomic E-state index is 0.0938. The lowest BCUT2D eigenvalue weighted by Gasteiger charge is -2.10. The van der Waals surface area contributed by atoms with E-state index in [-0.39, 0.29) is 11.9 Å². The molecule has 3 nitrogen and oxygen atoms in total. The summed E-state index contributed by atoms with van der Waals surface area (Å²) in [5, 5.41) is 6.13. The number of benzene rings is 1. The SMILES string of the molecule is Cc1ccc(NCCC(=O)NC(C)C)cc1C. The predicted molar refractivity (Wildman–Crippen MR) is 72.3 cm³/mol. The molecule has 17 heavy (non-hydrogen) atoms. The van der Waals surface area contributed by atoms with Gasteiger partial charge in [-0.1, -0.05) is 6.07 Å². The minimum Gasteiger partial charge on any atom is -0.385 e. The summed E-state index contributed by atoms with van der Waals surface area (Å²) in [6, 6.07) is 6.45. The summed E-state index contributed by atoms with van der Waals surface area (Å²) < 4.78 is 0. The second kappa shape index (κ2) is 6.28. The molecule has 1 rings (SSSR count). The highest BCUT2D eigenvalue weighted by Gasteiger charge is 2.02. The molecule has 1 aromatic carbocycles. The third kappa shape index (κ3) is 4.89. The number of aryl methyl sites for hydroxylation is 2. The molecule has 0 heterocycles. The van der Waals surface area contributed by atoms with Crippen LogP contribution in [-0.2, 0) is 4.79 Å². The molecular weight excluding hydrogens is 212 g/mol. The molecule has 0 spiro atoms. The van der Waals surface area contributed by atoms with E-state index < -0.39 is 0 Å². The third-order valence-electron chi connectivity index (χ3n) is 2.64. The zero-order valence-corrected chi connectivity index (χ0v) is 11.1. The standard InChI is InChI=1S/C14H22N2O/c1-10(2)16-14(17)7-8-15-13-6-5-11(3)12(4)9-13/h5-6,9-10,15H,7-8H2,1-4H3,(H,16,17). The average Bonchev–Trinajstić information content (AvgIpc) is 2.22. The van der Waals surface area contributed by atoms with Crippen molar-refractivity contribution in [2.75, 3.05) is 11.9 Å². The van der Waals surface area contributed by atoms with Gasteiger partial charge in [-0.25, -0.2) is 0 Å². The Morgan fingerprint density at radius 3 is 2.53 bits per heavy atom. The average molecular weight is 234 g/mol. The van der Waals surface area contributed by atoms with Gasteiger partial charge in [0.15, 0.2) is 0 Å². The van der Waals surface area contributed by atoms with Crippen LogP contribution in [0, 0.1) is 13.8 Å². The molecule has 0 aliphatic heterocycles. The van der Waals surface area contributed by atoms with Gasteiger partial charge in [-0.15, -0.1) is 0 Å². The van der Waals surface area contributed by atoms with Gasteiger partial charge in [-0.05, 0) is 51.0 Å². The quantitative estimate of drug-likeness (QED) is 0.822. The zero-order chi connectivity index (χ0) is 12.8. The van der Waals surface area contributed by atoms with E-state index in [9.17, 15) is 4.79 Å². The Balaban J connectivity index is 2.36. The number of anilines is 1. The number of hydrogen-bond acceptors (Lipinski definition) is 2. The summed E-state index contributed by atoms with van der Waals surface area (Å²) in [5.41, 5.74) is 3.63. The van der Waals surface area contributed by atoms with Crippen LogP contribution in [0.3, 0.4) is 0 Å². The van der Waals surface area contributed by atoms with Gasteiger partial charge in [0.05, 0.1) is 0 Å². The molecule has 0 radical (unpaired) electrons. The zero-order valence-electron chi connectivity index (χ0n) is 11.1. The molecule has 0 saturated heterocycles. The van der Waals surface area contributed by atoms with E-state index in [0.29, 0.717) is 13.0 Å². The smallest absolute Gasteiger partial charge is 0.221 e. The lowest BCUT2D eigenvalue weighted by Crippen LogP contribution is -2.31. The van der Waals surface area contributed by atoms with E-state index in [1.54, 1.807) is 0 Å². The fraction of sp³-hybridized carbons (Fsp3) is 0.500. The van der Waals surface area contributed by atoms with Crippen molar-refractivity contribution in [3.63, 3.8) is 0 Å². The van der Waals surface area contributed by atoms with Crippen LogP contribution in [0.2, 0.25) is 0 Å². The first-order valence-corrected chi connectivity index (χ1v) is 6.09. The molecule has 0 bridgehead atoms. The minimum atomic E-state index is 0.0938. The first-order valence-electron chi connectivity index (χ1n) is 6.09. The van der Waals surface area contributed by atoms with Gasteiger partial charge in [-0.2, -0.15) is 0 Å². The number of rotatable bonds is 5. The lowest BCUT2D eigenvalue weighted by molar-refractivity contribution is -0.121. The number of amides is 1. The van der Waals surface area contributed by atoms with Gasteiger partial charge in [0.1, 0.15) is 0 Å². The first-order chi connectivity index (χ1) is 7.99. The van der Waals surface area contributed by atoms with Crippen molar-refractivity contribution in [3.05, 3.63) is 29.3 Å². The Bertz CT molecular complexity index is 386. The Morgan fingerprint density at radius 1 is 1.24 bits per heavy atom. The molecule has 1 amide bonds. The Labute approximate surface area is 104 Å². The number of carbonyl (C=O) groups is 1. The molecule has 0 atom stereocenters. The third-order valence-corrected chi connectivity index (χ3v) is 2.64. The van der Waals surface area contributed by atoms with Crippen LogP contribution in [0.15, 0.2) is 18.2 Å². The summed E-state index contributed by atoms with van der Waals surface area (Å²) >= 11 is 0. The lowest BCUT2D eigenvalue weighted by atomic mass is 10.1. The number of nitrogens with one attached hydrogen (secondary N) is 2. The van der Waals surface area contributed by atoms with Crippen molar-refractivity contribution in [2.45, 2.75) is 40.2 Å². The van der Waals surface area contributed by atoms with Gasteiger partial charge in [0.2, 0.25) is 5.91 Å². The van der Waals surface area contributed by atoms with Crippen molar-refractivity contribution in [3.8, 4) is 0 Å². The van der Waals surface area contributed by atoms with Crippen LogP contribution in [0.4, 0.5) is 5.69 Å². The maximum atomic E-state index is 11.4. The van der Waals surface area contributed by atoms with Crippen LogP contribution in [0.25, 0.3) is 0 Å². The summed E-state index contributed by atoms with van der Waals surface area (Å²) in [4.78, 5) is 11.4. The second-order valence-corrected chi connectivity index (χ2v) is 4.70. The Hall–Kier alpha value is -1.51. The molecule has 2 N–H and O–H groups in total. The molecule has 0 saturated carbocycles. The fourth-order valence-electron chi connectivity index (χ4n) is 1.57. The van der Waals surface area contributed by atoms with E-state index in [4.69, 9.17) is 0 Å². The normalized spacial score (nSPS) is 10.4. The molecular formula is C14H22N2O.